The number of hydrogen-bond acceptors (Lipinski definition) is 8. The van der Waals surface area contributed by atoms with Crippen molar-refractivity contribution in [1.82, 2.24) is 15.0 Å². The predicted molar refractivity (Wildman–Crippen MR) is 124 cm³/mol. The highest BCUT2D eigenvalue weighted by Gasteiger charge is 2.21. The number of pyridine rings is 1. The number of rotatable bonds is 16. The summed E-state index contributed by atoms with van der Waals surface area (Å²) in [6.07, 6.45) is 9.14. The van der Waals surface area contributed by atoms with Crippen molar-refractivity contribution in [2.24, 2.45) is 0 Å². The summed E-state index contributed by atoms with van der Waals surface area (Å²) in [5.41, 5.74) is -0.228. The second kappa shape index (κ2) is 15.2. The number of sulfonamides is 1. The topological polar surface area (TPSA) is 141 Å². The van der Waals surface area contributed by atoms with Gasteiger partial charge in [0.25, 0.3) is 11.8 Å². The molecule has 2 amide bonds. The van der Waals surface area contributed by atoms with Crippen molar-refractivity contribution < 1.29 is 32.3 Å². The van der Waals surface area contributed by atoms with E-state index in [0.717, 1.165) is 31.9 Å². The molecule has 0 atom stereocenters. The number of carbonyl (C=O) groups is 3. The van der Waals surface area contributed by atoms with Gasteiger partial charge in [0.2, 0.25) is 10.0 Å². The van der Waals surface area contributed by atoms with Crippen LogP contribution in [0.2, 0.25) is 0 Å². The predicted octanol–water partition coefficient (Wildman–Crippen LogP) is 2.58. The van der Waals surface area contributed by atoms with Gasteiger partial charge >= 0.3 is 5.97 Å². The number of esters is 1. The number of amides is 2. The Kier molecular flexibility index (Phi) is 13.1. The normalized spacial score (nSPS) is 11.0. The van der Waals surface area contributed by atoms with Gasteiger partial charge in [-0.1, -0.05) is 51.9 Å². The maximum atomic E-state index is 12.4. The number of aromatic nitrogens is 1. The van der Waals surface area contributed by atoms with Gasteiger partial charge in [0.15, 0.2) is 11.4 Å². The molecule has 0 radical (unpaired) electrons. The van der Waals surface area contributed by atoms with E-state index >= 15 is 0 Å². The molecule has 0 saturated heterocycles. The fraction of sp³-hybridized carbons (Fsp3) is 0.636. The minimum Gasteiger partial charge on any atom is -0.494 e. The Morgan fingerprint density at radius 3 is 2.21 bits per heavy atom. The molecule has 33 heavy (non-hydrogen) atoms. The number of carbonyl (C=O) groups excluding carboxylic acids is 3. The van der Waals surface area contributed by atoms with E-state index in [4.69, 9.17) is 9.47 Å². The largest absolute Gasteiger partial charge is 0.494 e. The molecule has 11 heteroatoms. The lowest BCUT2D eigenvalue weighted by Gasteiger charge is -2.11. The summed E-state index contributed by atoms with van der Waals surface area (Å²) < 4.78 is 36.3. The molecule has 0 fully saturated rings. The Morgan fingerprint density at radius 1 is 0.970 bits per heavy atom. The Hall–Kier alpha value is -2.69. The smallest absolute Gasteiger partial charge is 0.325 e. The van der Waals surface area contributed by atoms with E-state index in [0.29, 0.717) is 6.42 Å². The van der Waals surface area contributed by atoms with E-state index in [-0.39, 0.29) is 35.9 Å². The van der Waals surface area contributed by atoms with E-state index < -0.39 is 27.8 Å². The van der Waals surface area contributed by atoms with E-state index in [1.54, 1.807) is 6.92 Å². The molecule has 0 aliphatic heterocycles. The highest BCUT2D eigenvalue weighted by atomic mass is 32.2. The van der Waals surface area contributed by atoms with Crippen LogP contribution in [0.15, 0.2) is 12.3 Å². The van der Waals surface area contributed by atoms with Crippen molar-refractivity contribution in [1.29, 1.82) is 0 Å². The molecule has 0 aliphatic carbocycles. The second-order valence-electron chi connectivity index (χ2n) is 7.49. The molecule has 0 bridgehead atoms. The van der Waals surface area contributed by atoms with Crippen molar-refractivity contribution in [2.75, 3.05) is 26.0 Å². The standard InChI is InChI=1S/C22H35N3O7S/c1-4-6-7-8-9-10-11-12-13-33(29,30)25-21(27)17-14-18(31-3)20(23-15-17)22(28)24-16-19(26)32-5-2/h14-15H,4-13,16H2,1-3H3,(H,24,28)(H,25,27). The maximum absolute atomic E-state index is 12.4. The molecule has 1 rings (SSSR count). The first-order chi connectivity index (χ1) is 15.7. The van der Waals surface area contributed by atoms with Gasteiger partial charge in [0.05, 0.1) is 25.0 Å². The molecule has 10 nitrogen and oxygen atoms in total. The van der Waals surface area contributed by atoms with E-state index in [1.807, 2.05) is 4.72 Å². The molecule has 0 aromatic carbocycles. The minimum atomic E-state index is -3.80. The summed E-state index contributed by atoms with van der Waals surface area (Å²) in [5, 5.41) is 2.34. The van der Waals surface area contributed by atoms with Crippen LogP contribution in [0, 0.1) is 0 Å². The summed E-state index contributed by atoms with van der Waals surface area (Å²) in [7, 11) is -2.52. The monoisotopic (exact) mass is 485 g/mol. The molecule has 0 unspecified atom stereocenters. The molecular formula is C22H35N3O7S. The van der Waals surface area contributed by atoms with Gasteiger partial charge in [-0.05, 0) is 19.4 Å². The molecule has 1 aromatic heterocycles. The van der Waals surface area contributed by atoms with Crippen LogP contribution in [0.25, 0.3) is 0 Å². The zero-order chi connectivity index (χ0) is 24.7. The summed E-state index contributed by atoms with van der Waals surface area (Å²) in [4.78, 5) is 39.9. The zero-order valence-electron chi connectivity index (χ0n) is 19.6. The third-order valence-electron chi connectivity index (χ3n) is 4.76. The number of nitrogens with zero attached hydrogens (tertiary/aromatic N) is 1. The fourth-order valence-corrected chi connectivity index (χ4v) is 4.11. The van der Waals surface area contributed by atoms with E-state index in [9.17, 15) is 22.8 Å². The summed E-state index contributed by atoms with van der Waals surface area (Å²) in [5.74, 6) is -2.35. The number of methoxy groups -OCH3 is 1. The Labute approximate surface area is 195 Å². The Bertz CT molecular complexity index is 888. The van der Waals surface area contributed by atoms with Crippen LogP contribution < -0.4 is 14.8 Å². The van der Waals surface area contributed by atoms with Gasteiger partial charge in [-0.3, -0.25) is 14.4 Å². The highest BCUT2D eigenvalue weighted by molar-refractivity contribution is 7.90. The van der Waals surface area contributed by atoms with Crippen LogP contribution in [-0.2, 0) is 19.6 Å². The first kappa shape index (κ1) is 28.3. The lowest BCUT2D eigenvalue weighted by Crippen LogP contribution is -2.33. The average molecular weight is 486 g/mol. The molecule has 0 spiro atoms. The van der Waals surface area contributed by atoms with Crippen molar-refractivity contribution in [3.8, 4) is 5.75 Å². The third kappa shape index (κ3) is 11.1. The summed E-state index contributed by atoms with van der Waals surface area (Å²) in [6, 6.07) is 1.22. The highest BCUT2D eigenvalue weighted by Crippen LogP contribution is 2.18. The van der Waals surface area contributed by atoms with Crippen LogP contribution in [-0.4, -0.2) is 57.2 Å². The number of ether oxygens (including phenoxy) is 2. The lowest BCUT2D eigenvalue weighted by molar-refractivity contribution is -0.141. The summed E-state index contributed by atoms with van der Waals surface area (Å²) >= 11 is 0. The van der Waals surface area contributed by atoms with Crippen LogP contribution in [0.3, 0.4) is 0 Å². The van der Waals surface area contributed by atoms with E-state index in [1.165, 1.54) is 32.4 Å². The zero-order valence-corrected chi connectivity index (χ0v) is 20.5. The molecule has 0 aliphatic rings. The van der Waals surface area contributed by atoms with Crippen molar-refractivity contribution in [3.63, 3.8) is 0 Å². The van der Waals surface area contributed by atoms with Crippen LogP contribution in [0.4, 0.5) is 0 Å². The van der Waals surface area contributed by atoms with Crippen LogP contribution >= 0.6 is 0 Å². The van der Waals surface area contributed by atoms with Gasteiger partial charge in [0.1, 0.15) is 6.54 Å². The quantitative estimate of drug-likeness (QED) is 0.269. The third-order valence-corrected chi connectivity index (χ3v) is 6.09. The van der Waals surface area contributed by atoms with Gasteiger partial charge in [-0.2, -0.15) is 0 Å². The van der Waals surface area contributed by atoms with Gasteiger partial charge in [-0.25, -0.2) is 18.1 Å². The van der Waals surface area contributed by atoms with Gasteiger partial charge < -0.3 is 14.8 Å². The molecule has 2 N–H and O–H groups in total. The first-order valence-electron chi connectivity index (χ1n) is 11.3. The number of hydrogen-bond donors (Lipinski definition) is 2. The van der Waals surface area contributed by atoms with E-state index in [2.05, 4.69) is 17.2 Å². The van der Waals surface area contributed by atoms with Crippen LogP contribution in [0.1, 0.15) is 86.1 Å². The fourth-order valence-electron chi connectivity index (χ4n) is 3.02. The molecule has 186 valence electrons. The van der Waals surface area contributed by atoms with Crippen molar-refractivity contribution >= 4 is 27.8 Å². The number of unbranched alkanes of at least 4 members (excludes halogenated alkanes) is 7. The lowest BCUT2D eigenvalue weighted by atomic mass is 10.1. The van der Waals surface area contributed by atoms with Crippen molar-refractivity contribution in [2.45, 2.75) is 65.2 Å². The summed E-state index contributed by atoms with van der Waals surface area (Å²) in [6.45, 7) is 3.63. The number of nitrogens with one attached hydrogen (secondary N) is 2. The minimum absolute atomic E-state index is 0.0375. The Balaban J connectivity index is 2.60. The second-order valence-corrected chi connectivity index (χ2v) is 9.33. The molecule has 0 saturated carbocycles. The molecule has 1 heterocycles. The average Bonchev–Trinajstić information content (AvgIpc) is 2.78. The molecule has 1 aromatic rings. The van der Waals surface area contributed by atoms with Gasteiger partial charge in [-0.15, -0.1) is 0 Å². The van der Waals surface area contributed by atoms with Crippen LogP contribution in [0.5, 0.6) is 5.75 Å². The maximum Gasteiger partial charge on any atom is 0.325 e. The first-order valence-corrected chi connectivity index (χ1v) is 12.9. The Morgan fingerprint density at radius 2 is 1.61 bits per heavy atom. The SMILES string of the molecule is CCCCCCCCCCS(=O)(=O)NC(=O)c1cnc(C(=O)NCC(=O)OCC)c(OC)c1. The van der Waals surface area contributed by atoms with Crippen molar-refractivity contribution in [3.05, 3.63) is 23.5 Å². The molecular weight excluding hydrogens is 450 g/mol. The van der Waals surface area contributed by atoms with Gasteiger partial charge in [0, 0.05) is 6.20 Å².